The summed E-state index contributed by atoms with van der Waals surface area (Å²) in [4.78, 5) is 0. The maximum Gasteiger partial charge on any atom is 0.301 e. The molecule has 1 atom stereocenters. The molecule has 1 unspecified atom stereocenters. The molecular weight excluding hydrogens is 272 g/mol. The van der Waals surface area contributed by atoms with E-state index in [2.05, 4.69) is 11.1 Å². The first-order chi connectivity index (χ1) is 9.77. The minimum absolute atomic E-state index is 0.404. The fraction of sp³-hybridized carbons (Fsp3) is 1.00. The van der Waals surface area contributed by atoms with Crippen molar-refractivity contribution in [3.8, 4) is 0 Å². The Morgan fingerprint density at radius 2 is 1.05 bits per heavy atom. The van der Waals surface area contributed by atoms with Crippen LogP contribution in [0.25, 0.3) is 0 Å². The van der Waals surface area contributed by atoms with Crippen LogP contribution in [0.2, 0.25) is 0 Å². The van der Waals surface area contributed by atoms with Crippen molar-refractivity contribution in [1.29, 1.82) is 0 Å². The van der Waals surface area contributed by atoms with Crippen molar-refractivity contribution in [2.45, 2.75) is 96.8 Å². The minimum Gasteiger partial charge on any atom is -0.284 e. The van der Waals surface area contributed by atoms with Crippen molar-refractivity contribution < 1.29 is 12.9 Å². The Labute approximate surface area is 128 Å². The molecule has 0 bridgehead atoms. The second kappa shape index (κ2) is 17.1. The molecular formula is C16H34O3S. The van der Waals surface area contributed by atoms with Gasteiger partial charge in [-0.1, -0.05) is 90.4 Å². The van der Waals surface area contributed by atoms with E-state index in [9.17, 15) is 4.21 Å². The first kappa shape index (κ1) is 20.1. The highest BCUT2D eigenvalue weighted by molar-refractivity contribution is 7.74. The van der Waals surface area contributed by atoms with Gasteiger partial charge in [-0.05, 0) is 6.42 Å². The fourth-order valence-corrected chi connectivity index (χ4v) is 2.69. The quantitative estimate of drug-likeness (QED) is 0.297. The van der Waals surface area contributed by atoms with E-state index in [1.165, 1.54) is 77.0 Å². The zero-order valence-electron chi connectivity index (χ0n) is 13.3. The van der Waals surface area contributed by atoms with Crippen LogP contribution < -0.4 is 0 Å². The monoisotopic (exact) mass is 306 g/mol. The number of hydrogen-bond donors (Lipinski definition) is 1. The topological polar surface area (TPSA) is 46.5 Å². The van der Waals surface area contributed by atoms with Crippen LogP contribution in [0.4, 0.5) is 0 Å². The molecule has 0 rings (SSSR count). The molecule has 0 fully saturated rings. The Hall–Kier alpha value is 0.0700. The highest BCUT2D eigenvalue weighted by Crippen LogP contribution is 2.12. The Morgan fingerprint density at radius 1 is 0.700 bits per heavy atom. The van der Waals surface area contributed by atoms with Gasteiger partial charge in [-0.3, -0.25) is 8.74 Å². The molecule has 0 aliphatic heterocycles. The van der Waals surface area contributed by atoms with Crippen molar-refractivity contribution in [3.05, 3.63) is 0 Å². The normalized spacial score (nSPS) is 12.7. The van der Waals surface area contributed by atoms with Crippen LogP contribution >= 0.6 is 0 Å². The summed E-state index contributed by atoms with van der Waals surface area (Å²) < 4.78 is 23.2. The largest absolute Gasteiger partial charge is 0.301 e. The molecule has 20 heavy (non-hydrogen) atoms. The van der Waals surface area contributed by atoms with Crippen molar-refractivity contribution in [2.24, 2.45) is 0 Å². The lowest BCUT2D eigenvalue weighted by Gasteiger charge is -2.03. The van der Waals surface area contributed by atoms with E-state index in [1.54, 1.807) is 0 Å². The van der Waals surface area contributed by atoms with Gasteiger partial charge in [0.15, 0.2) is 0 Å². The minimum atomic E-state index is -2.08. The number of hydrogen-bond acceptors (Lipinski definition) is 2. The molecule has 3 nitrogen and oxygen atoms in total. The molecule has 0 aliphatic carbocycles. The molecule has 122 valence electrons. The Morgan fingerprint density at radius 3 is 1.40 bits per heavy atom. The summed E-state index contributed by atoms with van der Waals surface area (Å²) in [6.45, 7) is 2.67. The maximum atomic E-state index is 10.2. The second-order valence-electron chi connectivity index (χ2n) is 5.64. The highest BCUT2D eigenvalue weighted by Gasteiger charge is 1.95. The second-order valence-corrected chi connectivity index (χ2v) is 6.31. The van der Waals surface area contributed by atoms with Gasteiger partial charge in [0.05, 0.1) is 6.61 Å². The first-order valence-corrected chi connectivity index (χ1v) is 9.54. The van der Waals surface area contributed by atoms with Crippen molar-refractivity contribution in [2.75, 3.05) is 6.61 Å². The molecule has 0 aromatic heterocycles. The van der Waals surface area contributed by atoms with Crippen LogP contribution in [0.1, 0.15) is 96.8 Å². The van der Waals surface area contributed by atoms with E-state index in [-0.39, 0.29) is 0 Å². The number of unbranched alkanes of at least 4 members (excludes halogenated alkanes) is 13. The van der Waals surface area contributed by atoms with Gasteiger partial charge in [-0.25, -0.2) is 0 Å². The van der Waals surface area contributed by atoms with Crippen LogP contribution in [0.5, 0.6) is 0 Å². The SMILES string of the molecule is CCCCCCCCCCCCCCCCOS(=O)O. The van der Waals surface area contributed by atoms with Gasteiger partial charge < -0.3 is 0 Å². The maximum absolute atomic E-state index is 10.2. The molecule has 0 heterocycles. The third-order valence-electron chi connectivity index (χ3n) is 3.68. The zero-order valence-corrected chi connectivity index (χ0v) is 14.1. The molecule has 4 heteroatoms. The summed E-state index contributed by atoms with van der Waals surface area (Å²) in [5.41, 5.74) is 0. The van der Waals surface area contributed by atoms with Crippen LogP contribution in [-0.4, -0.2) is 15.4 Å². The van der Waals surface area contributed by atoms with E-state index >= 15 is 0 Å². The summed E-state index contributed by atoms with van der Waals surface area (Å²) in [6.07, 6.45) is 18.4. The predicted octanol–water partition coefficient (Wildman–Crippen LogP) is 5.62. The smallest absolute Gasteiger partial charge is 0.284 e. The molecule has 0 spiro atoms. The van der Waals surface area contributed by atoms with Crippen LogP contribution in [0, 0.1) is 0 Å². The molecule has 0 saturated heterocycles. The van der Waals surface area contributed by atoms with Gasteiger partial charge in [0.25, 0.3) is 0 Å². The molecule has 0 amide bonds. The fourth-order valence-electron chi connectivity index (χ4n) is 2.43. The molecule has 0 radical (unpaired) electrons. The summed E-state index contributed by atoms with van der Waals surface area (Å²) in [5, 5.41) is 0. The predicted molar refractivity (Wildman–Crippen MR) is 87.0 cm³/mol. The summed E-state index contributed by atoms with van der Waals surface area (Å²) in [6, 6.07) is 0. The summed E-state index contributed by atoms with van der Waals surface area (Å²) in [5.74, 6) is 0. The van der Waals surface area contributed by atoms with Gasteiger partial charge in [-0.15, -0.1) is 0 Å². The van der Waals surface area contributed by atoms with Gasteiger partial charge >= 0.3 is 11.4 Å². The highest BCUT2D eigenvalue weighted by atomic mass is 32.2. The van der Waals surface area contributed by atoms with Crippen molar-refractivity contribution >= 4 is 11.4 Å². The van der Waals surface area contributed by atoms with Crippen molar-refractivity contribution in [3.63, 3.8) is 0 Å². The zero-order chi connectivity index (χ0) is 14.9. The molecule has 0 aromatic rings. The summed E-state index contributed by atoms with van der Waals surface area (Å²) in [7, 11) is 0. The Bertz CT molecular complexity index is 210. The average Bonchev–Trinajstić information content (AvgIpc) is 2.43. The van der Waals surface area contributed by atoms with Gasteiger partial charge in [0, 0.05) is 0 Å². The average molecular weight is 307 g/mol. The van der Waals surface area contributed by atoms with E-state index in [0.717, 1.165) is 12.8 Å². The van der Waals surface area contributed by atoms with E-state index in [1.807, 2.05) is 0 Å². The van der Waals surface area contributed by atoms with Crippen LogP contribution in [0.15, 0.2) is 0 Å². The van der Waals surface area contributed by atoms with Gasteiger partial charge in [0.2, 0.25) is 0 Å². The molecule has 0 aliphatic rings. The van der Waals surface area contributed by atoms with Crippen molar-refractivity contribution in [1.82, 2.24) is 0 Å². The van der Waals surface area contributed by atoms with E-state index < -0.39 is 11.4 Å². The molecule has 0 aromatic carbocycles. The Kier molecular flexibility index (Phi) is 17.2. The standard InChI is InChI=1S/C16H34O3S/c1-2-3-4-5-6-7-8-9-10-11-12-13-14-15-16-19-20(17)18/h2-16H2,1H3,(H,17,18). The molecule has 0 saturated carbocycles. The third-order valence-corrected chi connectivity index (χ3v) is 4.05. The Balaban J connectivity index is 2.94. The first-order valence-electron chi connectivity index (χ1n) is 8.51. The van der Waals surface area contributed by atoms with Crippen LogP contribution in [-0.2, 0) is 15.5 Å². The lowest BCUT2D eigenvalue weighted by Crippen LogP contribution is -1.97. The van der Waals surface area contributed by atoms with Gasteiger partial charge in [0.1, 0.15) is 0 Å². The van der Waals surface area contributed by atoms with Crippen LogP contribution in [0.3, 0.4) is 0 Å². The van der Waals surface area contributed by atoms with Gasteiger partial charge in [-0.2, -0.15) is 4.21 Å². The van der Waals surface area contributed by atoms with E-state index in [0.29, 0.717) is 6.61 Å². The number of rotatable bonds is 16. The molecule has 1 N–H and O–H groups in total. The van der Waals surface area contributed by atoms with E-state index in [4.69, 9.17) is 4.55 Å². The lowest BCUT2D eigenvalue weighted by atomic mass is 10.0. The lowest BCUT2D eigenvalue weighted by molar-refractivity contribution is 0.296. The third kappa shape index (κ3) is 18.1. The summed E-state index contributed by atoms with van der Waals surface area (Å²) >= 11 is -2.08.